The van der Waals surface area contributed by atoms with Crippen molar-refractivity contribution in [3.63, 3.8) is 0 Å². The van der Waals surface area contributed by atoms with Crippen molar-refractivity contribution in [2.24, 2.45) is 5.73 Å². The Morgan fingerprint density at radius 3 is 2.43 bits per heavy atom. The van der Waals surface area contributed by atoms with E-state index in [4.69, 9.17) is 15.2 Å². The molecule has 0 aliphatic heterocycles. The number of hydrogen-bond donors (Lipinski definition) is 2. The van der Waals surface area contributed by atoms with Crippen LogP contribution in [0.5, 0.6) is 11.5 Å². The molecule has 0 saturated heterocycles. The highest BCUT2D eigenvalue weighted by Gasteiger charge is 2.35. The van der Waals surface area contributed by atoms with Crippen LogP contribution in [0.15, 0.2) is 18.2 Å². The van der Waals surface area contributed by atoms with E-state index < -0.39 is 6.04 Å². The Kier molecular flexibility index (Phi) is 5.88. The molecule has 1 saturated carbocycles. The second kappa shape index (κ2) is 7.68. The fourth-order valence-electron chi connectivity index (χ4n) is 3.38. The Balaban J connectivity index is 2.28. The monoisotopic (exact) mass is 320 g/mol. The third-order valence-corrected chi connectivity index (χ3v) is 4.82. The zero-order valence-electron chi connectivity index (χ0n) is 14.4. The predicted molar refractivity (Wildman–Crippen MR) is 91.0 cm³/mol. The molecule has 2 rings (SSSR count). The molecule has 0 spiro atoms. The van der Waals surface area contributed by atoms with Crippen molar-refractivity contribution in [1.82, 2.24) is 5.32 Å². The summed E-state index contributed by atoms with van der Waals surface area (Å²) in [6.45, 7) is 2.32. The van der Waals surface area contributed by atoms with Crippen LogP contribution in [0.4, 0.5) is 0 Å². The molecule has 1 atom stereocenters. The van der Waals surface area contributed by atoms with Crippen LogP contribution in [0.3, 0.4) is 0 Å². The first kappa shape index (κ1) is 17.6. The molecule has 0 heterocycles. The quantitative estimate of drug-likeness (QED) is 0.844. The molecule has 1 aliphatic carbocycles. The Bertz CT molecular complexity index is 537. The Morgan fingerprint density at radius 1 is 1.22 bits per heavy atom. The van der Waals surface area contributed by atoms with Crippen LogP contribution in [0.2, 0.25) is 0 Å². The van der Waals surface area contributed by atoms with E-state index in [-0.39, 0.29) is 11.3 Å². The molecule has 5 heteroatoms. The predicted octanol–water partition coefficient (Wildman–Crippen LogP) is 2.37. The summed E-state index contributed by atoms with van der Waals surface area (Å²) in [6, 6.07) is 5.59. The van der Waals surface area contributed by atoms with Crippen molar-refractivity contribution in [3.05, 3.63) is 23.8 Å². The topological polar surface area (TPSA) is 73.6 Å². The molecule has 1 aromatic rings. The Morgan fingerprint density at radius 2 is 1.87 bits per heavy atom. The van der Waals surface area contributed by atoms with Gasteiger partial charge in [-0.2, -0.15) is 0 Å². The summed E-state index contributed by atoms with van der Waals surface area (Å²) < 4.78 is 10.8. The van der Waals surface area contributed by atoms with Gasteiger partial charge in [0, 0.05) is 12.0 Å². The lowest BCUT2D eigenvalue weighted by Gasteiger charge is -2.38. The van der Waals surface area contributed by atoms with E-state index in [1.165, 1.54) is 24.8 Å². The van der Waals surface area contributed by atoms with Gasteiger partial charge in [0.25, 0.3) is 0 Å². The van der Waals surface area contributed by atoms with Gasteiger partial charge in [0.2, 0.25) is 5.91 Å². The number of carbonyl (C=O) groups is 1. The van der Waals surface area contributed by atoms with E-state index in [1.807, 2.05) is 12.1 Å². The number of methoxy groups -OCH3 is 2. The number of nitrogens with one attached hydrogen (secondary N) is 1. The lowest BCUT2D eigenvalue weighted by Crippen LogP contribution is -2.46. The SMILES string of the molecule is COc1ccc(C2(CNC(=O)[C@H](C)N)CCCCC2)cc1OC. The maximum absolute atomic E-state index is 11.9. The standard InChI is InChI=1S/C18H28N2O3/c1-13(19)17(21)20-12-18(9-5-4-6-10-18)14-7-8-15(22-2)16(11-14)23-3/h7-8,11,13H,4-6,9-10,12,19H2,1-3H3,(H,20,21)/t13-/m0/s1. The zero-order chi connectivity index (χ0) is 16.9. The first-order valence-electron chi connectivity index (χ1n) is 8.28. The van der Waals surface area contributed by atoms with E-state index in [0.717, 1.165) is 24.3 Å². The number of ether oxygens (including phenoxy) is 2. The molecule has 0 bridgehead atoms. The number of rotatable bonds is 6. The van der Waals surface area contributed by atoms with Crippen LogP contribution in [0, 0.1) is 0 Å². The number of nitrogens with two attached hydrogens (primary N) is 1. The van der Waals surface area contributed by atoms with Gasteiger partial charge in [-0.25, -0.2) is 0 Å². The van der Waals surface area contributed by atoms with Gasteiger partial charge in [0.05, 0.1) is 20.3 Å². The zero-order valence-corrected chi connectivity index (χ0v) is 14.4. The number of hydrogen-bond acceptors (Lipinski definition) is 4. The van der Waals surface area contributed by atoms with Gasteiger partial charge in [-0.05, 0) is 37.5 Å². The van der Waals surface area contributed by atoms with Crippen LogP contribution in [-0.4, -0.2) is 32.7 Å². The average molecular weight is 320 g/mol. The highest BCUT2D eigenvalue weighted by atomic mass is 16.5. The second-order valence-electron chi connectivity index (χ2n) is 6.42. The summed E-state index contributed by atoms with van der Waals surface area (Å²) in [5.74, 6) is 1.35. The fourth-order valence-corrected chi connectivity index (χ4v) is 3.38. The van der Waals surface area contributed by atoms with Gasteiger partial charge >= 0.3 is 0 Å². The van der Waals surface area contributed by atoms with Crippen molar-refractivity contribution in [1.29, 1.82) is 0 Å². The molecule has 0 radical (unpaired) electrons. The lowest BCUT2D eigenvalue weighted by atomic mass is 9.69. The van der Waals surface area contributed by atoms with Gasteiger partial charge in [0.1, 0.15) is 0 Å². The third kappa shape index (κ3) is 3.96. The molecule has 0 unspecified atom stereocenters. The number of carbonyl (C=O) groups excluding carboxylic acids is 1. The van der Waals surface area contributed by atoms with Crippen molar-refractivity contribution in [2.75, 3.05) is 20.8 Å². The molecule has 1 aliphatic rings. The average Bonchev–Trinajstić information content (AvgIpc) is 2.59. The van der Waals surface area contributed by atoms with Gasteiger partial charge in [-0.3, -0.25) is 4.79 Å². The van der Waals surface area contributed by atoms with Crippen molar-refractivity contribution >= 4 is 5.91 Å². The summed E-state index contributed by atoms with van der Waals surface area (Å²) in [7, 11) is 3.28. The molecule has 128 valence electrons. The molecule has 0 aromatic heterocycles. The van der Waals surface area contributed by atoms with E-state index in [0.29, 0.717) is 6.54 Å². The highest BCUT2D eigenvalue weighted by Crippen LogP contribution is 2.42. The summed E-state index contributed by atoms with van der Waals surface area (Å²) in [4.78, 5) is 11.9. The molecule has 1 aromatic carbocycles. The normalized spacial score (nSPS) is 18.1. The summed E-state index contributed by atoms with van der Waals surface area (Å²) in [6.07, 6.45) is 5.70. The maximum atomic E-state index is 11.9. The van der Waals surface area contributed by atoms with Gasteiger partial charge in [-0.15, -0.1) is 0 Å². The van der Waals surface area contributed by atoms with Gasteiger partial charge in [0.15, 0.2) is 11.5 Å². The van der Waals surface area contributed by atoms with E-state index in [9.17, 15) is 4.79 Å². The number of benzene rings is 1. The lowest BCUT2D eigenvalue weighted by molar-refractivity contribution is -0.122. The molecular weight excluding hydrogens is 292 g/mol. The van der Waals surface area contributed by atoms with Crippen LogP contribution in [0.25, 0.3) is 0 Å². The second-order valence-corrected chi connectivity index (χ2v) is 6.42. The van der Waals surface area contributed by atoms with Crippen LogP contribution >= 0.6 is 0 Å². The Hall–Kier alpha value is -1.75. The molecule has 23 heavy (non-hydrogen) atoms. The number of amides is 1. The first-order valence-corrected chi connectivity index (χ1v) is 8.28. The van der Waals surface area contributed by atoms with Crippen LogP contribution in [-0.2, 0) is 10.2 Å². The smallest absolute Gasteiger partial charge is 0.236 e. The van der Waals surface area contributed by atoms with E-state index in [2.05, 4.69) is 11.4 Å². The summed E-state index contributed by atoms with van der Waals surface area (Å²) in [5.41, 5.74) is 6.81. The largest absolute Gasteiger partial charge is 0.493 e. The van der Waals surface area contributed by atoms with E-state index >= 15 is 0 Å². The molecule has 3 N–H and O–H groups in total. The minimum atomic E-state index is -0.485. The maximum Gasteiger partial charge on any atom is 0.236 e. The molecular formula is C18H28N2O3. The third-order valence-electron chi connectivity index (χ3n) is 4.82. The first-order chi connectivity index (χ1) is 11.0. The van der Waals surface area contributed by atoms with Gasteiger partial charge in [-0.1, -0.05) is 25.3 Å². The molecule has 5 nitrogen and oxygen atoms in total. The summed E-state index contributed by atoms with van der Waals surface area (Å²) >= 11 is 0. The minimum absolute atomic E-state index is 0.0532. The van der Waals surface area contributed by atoms with Crippen molar-refractivity contribution < 1.29 is 14.3 Å². The molecule has 1 fully saturated rings. The van der Waals surface area contributed by atoms with Crippen molar-refractivity contribution in [3.8, 4) is 11.5 Å². The molecule has 1 amide bonds. The highest BCUT2D eigenvalue weighted by molar-refractivity contribution is 5.81. The summed E-state index contributed by atoms with van der Waals surface area (Å²) in [5, 5.41) is 3.02. The van der Waals surface area contributed by atoms with Crippen LogP contribution < -0.4 is 20.5 Å². The van der Waals surface area contributed by atoms with E-state index in [1.54, 1.807) is 21.1 Å². The van der Waals surface area contributed by atoms with Crippen LogP contribution in [0.1, 0.15) is 44.6 Å². The minimum Gasteiger partial charge on any atom is -0.493 e. The fraction of sp³-hybridized carbons (Fsp3) is 0.611. The van der Waals surface area contributed by atoms with Gasteiger partial charge < -0.3 is 20.5 Å². The Labute approximate surface area is 138 Å². The van der Waals surface area contributed by atoms with Crippen molar-refractivity contribution in [2.45, 2.75) is 50.5 Å².